The van der Waals surface area contributed by atoms with Crippen molar-refractivity contribution in [3.63, 3.8) is 0 Å². The fraction of sp³-hybridized carbons (Fsp3) is 0.611. The lowest BCUT2D eigenvalue weighted by molar-refractivity contribution is 0.0834. The summed E-state index contributed by atoms with van der Waals surface area (Å²) in [5.74, 6) is 0.377. The molecule has 0 saturated carbocycles. The summed E-state index contributed by atoms with van der Waals surface area (Å²) in [4.78, 5) is 11.9. The van der Waals surface area contributed by atoms with E-state index in [2.05, 4.69) is 13.8 Å². The van der Waals surface area contributed by atoms with Crippen LogP contribution in [0.5, 0.6) is 0 Å². The second kappa shape index (κ2) is 10.5. The van der Waals surface area contributed by atoms with E-state index in [0.29, 0.717) is 24.5 Å². The van der Waals surface area contributed by atoms with Crippen LogP contribution in [0.15, 0.2) is 24.3 Å². The first-order chi connectivity index (χ1) is 10.2. The molecule has 0 saturated heterocycles. The monoisotopic (exact) mass is 294 g/mol. The number of rotatable bonds is 11. The van der Waals surface area contributed by atoms with Crippen LogP contribution >= 0.6 is 0 Å². The molecule has 0 amide bonds. The van der Waals surface area contributed by atoms with Crippen molar-refractivity contribution in [3.05, 3.63) is 35.6 Å². The van der Waals surface area contributed by atoms with Crippen molar-refractivity contribution in [2.75, 3.05) is 13.2 Å². The number of unbranched alkanes of at least 4 members (excludes halogenated alkanes) is 1. The Morgan fingerprint density at radius 1 is 1.19 bits per heavy atom. The van der Waals surface area contributed by atoms with E-state index < -0.39 is 0 Å². The molecule has 0 aliphatic carbocycles. The predicted octanol–water partition coefficient (Wildman–Crippen LogP) is 5.02. The molecule has 1 aromatic rings. The summed E-state index contributed by atoms with van der Waals surface area (Å²) in [5, 5.41) is 0. The Labute approximate surface area is 127 Å². The molecule has 0 fully saturated rings. The lowest BCUT2D eigenvalue weighted by atomic mass is 10.0. The van der Waals surface area contributed by atoms with Crippen LogP contribution in [0.4, 0.5) is 4.39 Å². The van der Waals surface area contributed by atoms with Gasteiger partial charge in [-0.25, -0.2) is 4.39 Å². The third kappa shape index (κ3) is 7.37. The topological polar surface area (TPSA) is 26.3 Å². The first kappa shape index (κ1) is 17.8. The van der Waals surface area contributed by atoms with Crippen molar-refractivity contribution in [2.45, 2.75) is 52.4 Å². The van der Waals surface area contributed by atoms with Crippen LogP contribution in [0.1, 0.15) is 62.7 Å². The van der Waals surface area contributed by atoms with Gasteiger partial charge in [-0.1, -0.05) is 33.1 Å². The Balaban J connectivity index is 2.15. The summed E-state index contributed by atoms with van der Waals surface area (Å²) in [6.45, 7) is 5.81. The number of carbonyl (C=O) groups excluding carboxylic acids is 1. The summed E-state index contributed by atoms with van der Waals surface area (Å²) < 4.78 is 18.4. The number of ether oxygens (including phenoxy) is 1. The zero-order valence-electron chi connectivity index (χ0n) is 13.2. The van der Waals surface area contributed by atoms with Crippen LogP contribution in [-0.2, 0) is 4.74 Å². The maximum absolute atomic E-state index is 12.8. The fourth-order valence-electron chi connectivity index (χ4n) is 2.26. The van der Waals surface area contributed by atoms with Gasteiger partial charge in [-0.2, -0.15) is 0 Å². The second-order valence-electron chi connectivity index (χ2n) is 5.53. The normalized spacial score (nSPS) is 12.3. The Morgan fingerprint density at radius 2 is 1.90 bits per heavy atom. The van der Waals surface area contributed by atoms with Gasteiger partial charge in [0.2, 0.25) is 0 Å². The fourth-order valence-corrected chi connectivity index (χ4v) is 2.26. The van der Waals surface area contributed by atoms with E-state index in [1.165, 1.54) is 43.5 Å². The molecule has 0 aliphatic heterocycles. The average molecular weight is 294 g/mol. The first-order valence-electron chi connectivity index (χ1n) is 8.03. The van der Waals surface area contributed by atoms with E-state index in [1.807, 2.05) is 0 Å². The van der Waals surface area contributed by atoms with Gasteiger partial charge in [0.1, 0.15) is 5.82 Å². The van der Waals surface area contributed by atoms with Crippen molar-refractivity contribution in [1.29, 1.82) is 0 Å². The van der Waals surface area contributed by atoms with E-state index >= 15 is 0 Å². The SMILES string of the molecule is CCCCC(CC)COCCCC(=O)c1ccc(F)cc1. The molecular formula is C18H27FO2. The maximum Gasteiger partial charge on any atom is 0.162 e. The first-order valence-corrected chi connectivity index (χ1v) is 8.03. The molecule has 0 radical (unpaired) electrons. The number of hydrogen-bond donors (Lipinski definition) is 0. The molecule has 0 bridgehead atoms. The molecule has 0 aliphatic rings. The quantitative estimate of drug-likeness (QED) is 0.423. The Hall–Kier alpha value is -1.22. The summed E-state index contributed by atoms with van der Waals surface area (Å²) in [5.41, 5.74) is 0.575. The summed E-state index contributed by atoms with van der Waals surface area (Å²) in [6, 6.07) is 5.72. The Kier molecular flexibility index (Phi) is 8.91. The van der Waals surface area contributed by atoms with Gasteiger partial charge in [0.25, 0.3) is 0 Å². The number of halogens is 1. The third-order valence-corrected chi connectivity index (χ3v) is 3.76. The molecule has 118 valence electrons. The second-order valence-corrected chi connectivity index (χ2v) is 5.53. The molecule has 1 aromatic carbocycles. The van der Waals surface area contributed by atoms with Crippen molar-refractivity contribution < 1.29 is 13.9 Å². The molecule has 1 atom stereocenters. The maximum atomic E-state index is 12.8. The molecule has 2 nitrogen and oxygen atoms in total. The summed E-state index contributed by atoms with van der Waals surface area (Å²) >= 11 is 0. The molecular weight excluding hydrogens is 267 g/mol. The van der Waals surface area contributed by atoms with Crippen LogP contribution in [0.2, 0.25) is 0 Å². The highest BCUT2D eigenvalue weighted by Gasteiger charge is 2.08. The molecule has 1 rings (SSSR count). The van der Waals surface area contributed by atoms with Gasteiger partial charge in [0.05, 0.1) is 0 Å². The number of ketones is 1. The average Bonchev–Trinajstić information content (AvgIpc) is 2.50. The van der Waals surface area contributed by atoms with Crippen LogP contribution < -0.4 is 0 Å². The number of Topliss-reactive ketones (excluding diaryl/α,β-unsaturated/α-hetero) is 1. The van der Waals surface area contributed by atoms with Crippen LogP contribution in [0.3, 0.4) is 0 Å². The van der Waals surface area contributed by atoms with Crippen LogP contribution in [0, 0.1) is 11.7 Å². The van der Waals surface area contributed by atoms with Gasteiger partial charge in [-0.3, -0.25) is 4.79 Å². The minimum absolute atomic E-state index is 0.0524. The third-order valence-electron chi connectivity index (χ3n) is 3.76. The molecule has 0 aromatic heterocycles. The number of carbonyl (C=O) groups is 1. The molecule has 21 heavy (non-hydrogen) atoms. The smallest absolute Gasteiger partial charge is 0.162 e. The van der Waals surface area contributed by atoms with Gasteiger partial charge in [-0.05, 0) is 43.0 Å². The molecule has 0 heterocycles. The molecule has 3 heteroatoms. The highest BCUT2D eigenvalue weighted by atomic mass is 19.1. The van der Waals surface area contributed by atoms with Crippen LogP contribution in [-0.4, -0.2) is 19.0 Å². The van der Waals surface area contributed by atoms with Gasteiger partial charge >= 0.3 is 0 Å². The summed E-state index contributed by atoms with van der Waals surface area (Å²) in [7, 11) is 0. The van der Waals surface area contributed by atoms with Crippen molar-refractivity contribution >= 4 is 5.78 Å². The van der Waals surface area contributed by atoms with Gasteiger partial charge in [-0.15, -0.1) is 0 Å². The van der Waals surface area contributed by atoms with E-state index in [9.17, 15) is 9.18 Å². The van der Waals surface area contributed by atoms with Crippen molar-refractivity contribution in [1.82, 2.24) is 0 Å². The summed E-state index contributed by atoms with van der Waals surface area (Å²) in [6.07, 6.45) is 6.03. The highest BCUT2D eigenvalue weighted by Crippen LogP contribution is 2.13. The largest absolute Gasteiger partial charge is 0.381 e. The van der Waals surface area contributed by atoms with Crippen molar-refractivity contribution in [2.24, 2.45) is 5.92 Å². The minimum Gasteiger partial charge on any atom is -0.381 e. The van der Waals surface area contributed by atoms with Gasteiger partial charge in [0.15, 0.2) is 5.78 Å². The predicted molar refractivity (Wildman–Crippen MR) is 84.1 cm³/mol. The lowest BCUT2D eigenvalue weighted by Crippen LogP contribution is -2.10. The Morgan fingerprint density at radius 3 is 2.52 bits per heavy atom. The standard InChI is InChI=1S/C18H27FO2/c1-3-5-7-15(4-2)14-21-13-6-8-18(20)16-9-11-17(19)12-10-16/h9-12,15H,3-8,13-14H2,1-2H3. The van der Waals surface area contributed by atoms with E-state index in [1.54, 1.807) is 0 Å². The zero-order chi connectivity index (χ0) is 15.5. The lowest BCUT2D eigenvalue weighted by Gasteiger charge is -2.14. The Bertz CT molecular complexity index is 400. The molecule has 1 unspecified atom stereocenters. The van der Waals surface area contributed by atoms with E-state index in [-0.39, 0.29) is 11.6 Å². The highest BCUT2D eigenvalue weighted by molar-refractivity contribution is 5.95. The minimum atomic E-state index is -0.312. The number of benzene rings is 1. The van der Waals surface area contributed by atoms with Gasteiger partial charge < -0.3 is 4.74 Å². The molecule has 0 N–H and O–H groups in total. The van der Waals surface area contributed by atoms with Gasteiger partial charge in [0, 0.05) is 25.2 Å². The number of hydrogen-bond acceptors (Lipinski definition) is 2. The van der Waals surface area contributed by atoms with E-state index in [4.69, 9.17) is 4.74 Å². The zero-order valence-corrected chi connectivity index (χ0v) is 13.2. The van der Waals surface area contributed by atoms with Crippen LogP contribution in [0.25, 0.3) is 0 Å². The van der Waals surface area contributed by atoms with Crippen molar-refractivity contribution in [3.8, 4) is 0 Å². The van der Waals surface area contributed by atoms with E-state index in [0.717, 1.165) is 19.4 Å². The molecule has 0 spiro atoms.